The lowest BCUT2D eigenvalue weighted by Crippen LogP contribution is -2.05. The summed E-state index contributed by atoms with van der Waals surface area (Å²) in [5.41, 5.74) is 0.609. The quantitative estimate of drug-likeness (QED) is 0.748. The second-order valence-electron chi connectivity index (χ2n) is 3.50. The molecule has 6 heteroatoms. The molecule has 0 aliphatic carbocycles. The number of nitrogens with zero attached hydrogens (tertiary/aromatic N) is 4. The van der Waals surface area contributed by atoms with Gasteiger partial charge in [0.05, 0.1) is 11.6 Å². The third kappa shape index (κ3) is 3.28. The van der Waals surface area contributed by atoms with Crippen LogP contribution >= 0.6 is 0 Å². The van der Waals surface area contributed by atoms with E-state index in [-0.39, 0.29) is 0 Å². The van der Waals surface area contributed by atoms with E-state index in [9.17, 15) is 0 Å². The van der Waals surface area contributed by atoms with E-state index in [0.29, 0.717) is 5.56 Å². The standard InChI is InChI=1S/C11H12N6/c12-7-9-3-5-14-11(6-9)13-4-1-2-10-15-8-16-17-10/h3,5-6,8H,1-2,4H2,(H,13,14)(H,15,16,17). The Balaban J connectivity index is 1.76. The highest BCUT2D eigenvalue weighted by atomic mass is 15.2. The Morgan fingerprint density at radius 3 is 3.12 bits per heavy atom. The second-order valence-corrected chi connectivity index (χ2v) is 3.50. The number of pyridine rings is 1. The summed E-state index contributed by atoms with van der Waals surface area (Å²) < 4.78 is 0. The van der Waals surface area contributed by atoms with E-state index >= 15 is 0 Å². The van der Waals surface area contributed by atoms with Gasteiger partial charge in [0.25, 0.3) is 0 Å². The molecule has 2 heterocycles. The van der Waals surface area contributed by atoms with Crippen LogP contribution in [-0.2, 0) is 6.42 Å². The van der Waals surface area contributed by atoms with Gasteiger partial charge < -0.3 is 5.32 Å². The smallest absolute Gasteiger partial charge is 0.137 e. The van der Waals surface area contributed by atoms with E-state index in [1.807, 2.05) is 0 Å². The molecule has 0 fully saturated rings. The number of rotatable bonds is 5. The molecule has 0 bridgehead atoms. The highest BCUT2D eigenvalue weighted by Gasteiger charge is 1.97. The van der Waals surface area contributed by atoms with Crippen LogP contribution in [0.5, 0.6) is 0 Å². The molecular formula is C11H12N6. The highest BCUT2D eigenvalue weighted by molar-refractivity contribution is 5.42. The van der Waals surface area contributed by atoms with Crippen LogP contribution in [0.3, 0.4) is 0 Å². The SMILES string of the molecule is N#Cc1ccnc(NCCCc2ncn[nH]2)c1. The van der Waals surface area contributed by atoms with E-state index in [2.05, 4.69) is 31.6 Å². The summed E-state index contributed by atoms with van der Waals surface area (Å²) in [5.74, 6) is 1.60. The average molecular weight is 228 g/mol. The number of nitriles is 1. The Labute approximate surface area is 98.7 Å². The first kappa shape index (κ1) is 11.1. The van der Waals surface area contributed by atoms with Gasteiger partial charge in [-0.15, -0.1) is 0 Å². The number of H-pyrrole nitrogens is 1. The number of anilines is 1. The number of hydrogen-bond acceptors (Lipinski definition) is 5. The summed E-state index contributed by atoms with van der Waals surface area (Å²) in [6.07, 6.45) is 4.89. The van der Waals surface area contributed by atoms with Crippen LogP contribution in [-0.4, -0.2) is 26.7 Å². The van der Waals surface area contributed by atoms with Crippen molar-refractivity contribution in [2.45, 2.75) is 12.8 Å². The fourth-order valence-corrected chi connectivity index (χ4v) is 1.42. The van der Waals surface area contributed by atoms with Gasteiger partial charge in [-0.2, -0.15) is 10.4 Å². The lowest BCUT2D eigenvalue weighted by atomic mass is 10.2. The van der Waals surface area contributed by atoms with Crippen molar-refractivity contribution in [1.82, 2.24) is 20.2 Å². The molecule has 0 saturated heterocycles. The Morgan fingerprint density at radius 2 is 2.35 bits per heavy atom. The maximum absolute atomic E-state index is 8.73. The van der Waals surface area contributed by atoms with E-state index in [4.69, 9.17) is 5.26 Å². The van der Waals surface area contributed by atoms with Crippen LogP contribution in [0.25, 0.3) is 0 Å². The summed E-state index contributed by atoms with van der Waals surface area (Å²) in [5, 5.41) is 18.5. The third-order valence-corrected chi connectivity index (χ3v) is 2.25. The van der Waals surface area contributed by atoms with Crippen LogP contribution in [0.4, 0.5) is 5.82 Å². The molecule has 86 valence electrons. The predicted octanol–water partition coefficient (Wildman–Crippen LogP) is 1.12. The van der Waals surface area contributed by atoms with Crippen molar-refractivity contribution in [3.05, 3.63) is 36.0 Å². The summed E-state index contributed by atoms with van der Waals surface area (Å²) in [6, 6.07) is 5.49. The molecule has 2 aromatic rings. The van der Waals surface area contributed by atoms with Crippen molar-refractivity contribution in [1.29, 1.82) is 5.26 Å². The fourth-order valence-electron chi connectivity index (χ4n) is 1.42. The molecule has 0 saturated carbocycles. The van der Waals surface area contributed by atoms with Crippen molar-refractivity contribution < 1.29 is 0 Å². The average Bonchev–Trinajstić information content (AvgIpc) is 2.88. The van der Waals surface area contributed by atoms with Gasteiger partial charge in [-0.05, 0) is 18.6 Å². The molecule has 0 aliphatic rings. The molecule has 17 heavy (non-hydrogen) atoms. The summed E-state index contributed by atoms with van der Waals surface area (Å²) >= 11 is 0. The van der Waals surface area contributed by atoms with Crippen LogP contribution in [0, 0.1) is 11.3 Å². The Bertz CT molecular complexity index is 499. The molecule has 0 aliphatic heterocycles. The number of nitrogens with one attached hydrogen (secondary N) is 2. The van der Waals surface area contributed by atoms with Crippen LogP contribution in [0.15, 0.2) is 24.7 Å². The zero-order valence-electron chi connectivity index (χ0n) is 9.22. The van der Waals surface area contributed by atoms with E-state index in [1.54, 1.807) is 18.3 Å². The normalized spacial score (nSPS) is 9.82. The van der Waals surface area contributed by atoms with Gasteiger partial charge in [0, 0.05) is 19.2 Å². The zero-order chi connectivity index (χ0) is 11.9. The van der Waals surface area contributed by atoms with Gasteiger partial charge >= 0.3 is 0 Å². The number of aryl methyl sites for hydroxylation is 1. The molecule has 0 spiro atoms. The monoisotopic (exact) mass is 228 g/mol. The third-order valence-electron chi connectivity index (χ3n) is 2.25. The molecule has 0 aromatic carbocycles. The van der Waals surface area contributed by atoms with Crippen molar-refractivity contribution >= 4 is 5.82 Å². The Morgan fingerprint density at radius 1 is 1.41 bits per heavy atom. The molecule has 2 rings (SSSR count). The molecule has 0 atom stereocenters. The van der Waals surface area contributed by atoms with E-state index in [0.717, 1.165) is 31.0 Å². The van der Waals surface area contributed by atoms with Crippen LogP contribution < -0.4 is 5.32 Å². The highest BCUT2D eigenvalue weighted by Crippen LogP contribution is 2.05. The summed E-state index contributed by atoms with van der Waals surface area (Å²) in [7, 11) is 0. The molecule has 0 radical (unpaired) electrons. The minimum atomic E-state index is 0.609. The maximum Gasteiger partial charge on any atom is 0.137 e. The first-order chi connectivity index (χ1) is 8.38. The minimum Gasteiger partial charge on any atom is -0.370 e. The first-order valence-corrected chi connectivity index (χ1v) is 5.33. The molecular weight excluding hydrogens is 216 g/mol. The first-order valence-electron chi connectivity index (χ1n) is 5.33. The van der Waals surface area contributed by atoms with Gasteiger partial charge in [0.2, 0.25) is 0 Å². The van der Waals surface area contributed by atoms with E-state index < -0.39 is 0 Å². The van der Waals surface area contributed by atoms with Gasteiger partial charge in [0.1, 0.15) is 18.0 Å². The van der Waals surface area contributed by atoms with Crippen molar-refractivity contribution in [3.8, 4) is 6.07 Å². The summed E-state index contributed by atoms with van der Waals surface area (Å²) in [6.45, 7) is 0.780. The Kier molecular flexibility index (Phi) is 3.65. The summed E-state index contributed by atoms with van der Waals surface area (Å²) in [4.78, 5) is 8.16. The largest absolute Gasteiger partial charge is 0.370 e. The molecule has 6 nitrogen and oxygen atoms in total. The van der Waals surface area contributed by atoms with Gasteiger partial charge in [-0.1, -0.05) is 0 Å². The van der Waals surface area contributed by atoms with Crippen LogP contribution in [0.1, 0.15) is 17.8 Å². The zero-order valence-corrected chi connectivity index (χ0v) is 9.22. The topological polar surface area (TPSA) is 90.3 Å². The van der Waals surface area contributed by atoms with Gasteiger partial charge in [-0.25, -0.2) is 9.97 Å². The lowest BCUT2D eigenvalue weighted by Gasteiger charge is -2.04. The van der Waals surface area contributed by atoms with Crippen molar-refractivity contribution in [2.75, 3.05) is 11.9 Å². The van der Waals surface area contributed by atoms with Gasteiger partial charge in [0.15, 0.2) is 0 Å². The van der Waals surface area contributed by atoms with Crippen molar-refractivity contribution in [3.63, 3.8) is 0 Å². The number of aromatic nitrogens is 4. The molecule has 0 amide bonds. The maximum atomic E-state index is 8.73. The predicted molar refractivity (Wildman–Crippen MR) is 62.1 cm³/mol. The van der Waals surface area contributed by atoms with E-state index in [1.165, 1.54) is 6.33 Å². The molecule has 0 unspecified atom stereocenters. The molecule has 2 aromatic heterocycles. The number of aromatic amines is 1. The Hall–Kier alpha value is -2.42. The lowest BCUT2D eigenvalue weighted by molar-refractivity contribution is 0.803. The number of hydrogen-bond donors (Lipinski definition) is 2. The second kappa shape index (κ2) is 5.61. The van der Waals surface area contributed by atoms with Crippen LogP contribution in [0.2, 0.25) is 0 Å². The van der Waals surface area contributed by atoms with Crippen molar-refractivity contribution in [2.24, 2.45) is 0 Å². The molecule has 2 N–H and O–H groups in total. The minimum absolute atomic E-state index is 0.609. The fraction of sp³-hybridized carbons (Fsp3) is 0.273. The van der Waals surface area contributed by atoms with Gasteiger partial charge in [-0.3, -0.25) is 5.10 Å².